The van der Waals surface area contributed by atoms with Crippen molar-refractivity contribution in [2.75, 3.05) is 11.9 Å². The minimum absolute atomic E-state index is 0.902. The van der Waals surface area contributed by atoms with Crippen LogP contribution in [0, 0.1) is 0 Å². The summed E-state index contributed by atoms with van der Waals surface area (Å²) in [6.45, 7) is 3.28. The van der Waals surface area contributed by atoms with Gasteiger partial charge in [0.15, 0.2) is 5.16 Å². The van der Waals surface area contributed by atoms with Crippen LogP contribution in [0.15, 0.2) is 95.0 Å². The molecular weight excluding hydrogens is 410 g/mol. The van der Waals surface area contributed by atoms with E-state index in [2.05, 4.69) is 90.0 Å². The first kappa shape index (κ1) is 22.2. The molecule has 0 spiro atoms. The largest absolute Gasteiger partial charge is 0.385 e. The summed E-state index contributed by atoms with van der Waals surface area (Å²) in [6.07, 6.45) is 6.48. The predicted octanol–water partition coefficient (Wildman–Crippen LogP) is 8.28. The summed E-state index contributed by atoms with van der Waals surface area (Å²) in [6, 6.07) is 29.4. The van der Waals surface area contributed by atoms with Gasteiger partial charge in [-0.1, -0.05) is 111 Å². The van der Waals surface area contributed by atoms with Crippen LogP contribution in [0.25, 0.3) is 22.5 Å². The molecule has 0 bridgehead atoms. The van der Waals surface area contributed by atoms with Crippen LogP contribution in [0.1, 0.15) is 39.0 Å². The van der Waals surface area contributed by atoms with Gasteiger partial charge in [-0.05, 0) is 24.6 Å². The summed E-state index contributed by atoms with van der Waals surface area (Å²) in [5, 5.41) is 4.47. The highest BCUT2D eigenvalue weighted by atomic mass is 32.2. The van der Waals surface area contributed by atoms with E-state index in [0.717, 1.165) is 34.2 Å². The van der Waals surface area contributed by atoms with Crippen molar-refractivity contribution in [3.63, 3.8) is 0 Å². The molecule has 164 valence electrons. The highest BCUT2D eigenvalue weighted by Crippen LogP contribution is 2.35. The van der Waals surface area contributed by atoms with Crippen LogP contribution in [-0.2, 0) is 0 Å². The minimum Gasteiger partial charge on any atom is -0.385 e. The molecular formula is C28H31N3S. The fourth-order valence-electron chi connectivity index (χ4n) is 3.76. The predicted molar refractivity (Wildman–Crippen MR) is 137 cm³/mol. The standard InChI is InChI=1S/C28H31N3S/c1-2-3-4-5-12-20-29-24-18-13-19-25(21-24)32-28-30-26(22-14-8-6-9-15-22)27(31-28)23-16-10-7-11-17-23/h6-11,13-19,21,29H,2-5,12,20H2,1H3,(H,30,31). The molecule has 3 nitrogen and oxygen atoms in total. The second-order valence-corrected chi connectivity index (χ2v) is 9.03. The van der Waals surface area contributed by atoms with Gasteiger partial charge in [-0.3, -0.25) is 0 Å². The Morgan fingerprint density at radius 1 is 0.781 bits per heavy atom. The van der Waals surface area contributed by atoms with E-state index in [-0.39, 0.29) is 0 Å². The van der Waals surface area contributed by atoms with Gasteiger partial charge < -0.3 is 10.3 Å². The van der Waals surface area contributed by atoms with Crippen molar-refractivity contribution in [3.8, 4) is 22.5 Å². The zero-order valence-corrected chi connectivity index (χ0v) is 19.5. The molecule has 4 heteroatoms. The number of rotatable bonds is 11. The first-order valence-electron chi connectivity index (χ1n) is 11.6. The molecule has 0 fully saturated rings. The van der Waals surface area contributed by atoms with E-state index in [9.17, 15) is 0 Å². The number of imidazole rings is 1. The van der Waals surface area contributed by atoms with E-state index < -0.39 is 0 Å². The third-order valence-electron chi connectivity index (χ3n) is 5.45. The number of H-pyrrole nitrogens is 1. The lowest BCUT2D eigenvalue weighted by Crippen LogP contribution is -2.01. The van der Waals surface area contributed by atoms with Crippen molar-refractivity contribution in [2.24, 2.45) is 0 Å². The normalized spacial score (nSPS) is 10.9. The van der Waals surface area contributed by atoms with Crippen LogP contribution in [0.4, 0.5) is 5.69 Å². The van der Waals surface area contributed by atoms with Crippen molar-refractivity contribution in [1.29, 1.82) is 0 Å². The maximum absolute atomic E-state index is 4.97. The van der Waals surface area contributed by atoms with Gasteiger partial charge in [0, 0.05) is 28.3 Å². The Morgan fingerprint density at radius 3 is 2.25 bits per heavy atom. The summed E-state index contributed by atoms with van der Waals surface area (Å²) in [4.78, 5) is 9.72. The lowest BCUT2D eigenvalue weighted by molar-refractivity contribution is 0.645. The van der Waals surface area contributed by atoms with Crippen LogP contribution in [0.5, 0.6) is 0 Å². The molecule has 0 saturated carbocycles. The summed E-state index contributed by atoms with van der Waals surface area (Å²) < 4.78 is 0. The molecule has 2 N–H and O–H groups in total. The van der Waals surface area contributed by atoms with E-state index in [1.165, 1.54) is 42.7 Å². The van der Waals surface area contributed by atoms with E-state index >= 15 is 0 Å². The van der Waals surface area contributed by atoms with Gasteiger partial charge in [-0.2, -0.15) is 0 Å². The lowest BCUT2D eigenvalue weighted by Gasteiger charge is -2.07. The molecule has 0 radical (unpaired) electrons. The second kappa shape index (κ2) is 11.6. The molecule has 1 heterocycles. The van der Waals surface area contributed by atoms with Gasteiger partial charge in [0.2, 0.25) is 0 Å². The molecule has 0 unspecified atom stereocenters. The molecule has 4 aromatic rings. The minimum atomic E-state index is 0.902. The van der Waals surface area contributed by atoms with Crippen molar-refractivity contribution >= 4 is 17.4 Å². The smallest absolute Gasteiger partial charge is 0.171 e. The molecule has 3 aromatic carbocycles. The average molecular weight is 442 g/mol. The fourth-order valence-corrected chi connectivity index (χ4v) is 4.61. The Balaban J connectivity index is 1.49. The highest BCUT2D eigenvalue weighted by Gasteiger charge is 2.14. The number of anilines is 1. The molecule has 0 aliphatic carbocycles. The van der Waals surface area contributed by atoms with Gasteiger partial charge in [-0.15, -0.1) is 0 Å². The molecule has 0 atom stereocenters. The van der Waals surface area contributed by atoms with Crippen LogP contribution >= 0.6 is 11.8 Å². The first-order valence-corrected chi connectivity index (χ1v) is 12.4. The Labute approximate surface area is 195 Å². The summed E-state index contributed by atoms with van der Waals surface area (Å²) in [5.41, 5.74) is 5.47. The molecule has 0 amide bonds. The van der Waals surface area contributed by atoms with Crippen LogP contribution in [-0.4, -0.2) is 16.5 Å². The Hall–Kier alpha value is -2.98. The summed E-state index contributed by atoms with van der Waals surface area (Å²) in [7, 11) is 0. The number of nitrogens with one attached hydrogen (secondary N) is 2. The van der Waals surface area contributed by atoms with Crippen molar-refractivity contribution in [1.82, 2.24) is 9.97 Å². The second-order valence-electron chi connectivity index (χ2n) is 7.97. The molecule has 1 aromatic heterocycles. The number of hydrogen-bond acceptors (Lipinski definition) is 3. The monoisotopic (exact) mass is 441 g/mol. The summed E-state index contributed by atoms with van der Waals surface area (Å²) in [5.74, 6) is 0. The van der Waals surface area contributed by atoms with Crippen molar-refractivity contribution < 1.29 is 0 Å². The third kappa shape index (κ3) is 6.04. The SMILES string of the molecule is CCCCCCCNc1cccc(Sc2nc(-c3ccccc3)c(-c3ccccc3)[nH]2)c1. The van der Waals surface area contributed by atoms with Gasteiger partial charge >= 0.3 is 0 Å². The third-order valence-corrected chi connectivity index (χ3v) is 6.33. The Bertz CT molecular complexity index is 1030. The van der Waals surface area contributed by atoms with Gasteiger partial charge in [0.25, 0.3) is 0 Å². The summed E-state index contributed by atoms with van der Waals surface area (Å²) >= 11 is 1.67. The quantitative estimate of drug-likeness (QED) is 0.230. The molecule has 0 saturated heterocycles. The van der Waals surface area contributed by atoms with Crippen LogP contribution in [0.2, 0.25) is 0 Å². The zero-order valence-electron chi connectivity index (χ0n) is 18.7. The Kier molecular flexibility index (Phi) is 8.05. The average Bonchev–Trinajstić information content (AvgIpc) is 3.26. The van der Waals surface area contributed by atoms with E-state index in [0.29, 0.717) is 0 Å². The topological polar surface area (TPSA) is 40.7 Å². The molecule has 0 aliphatic heterocycles. The number of aromatic nitrogens is 2. The van der Waals surface area contributed by atoms with Gasteiger partial charge in [0.05, 0.1) is 11.4 Å². The lowest BCUT2D eigenvalue weighted by atomic mass is 10.1. The van der Waals surface area contributed by atoms with Gasteiger partial charge in [0.1, 0.15) is 0 Å². The maximum atomic E-state index is 4.97. The highest BCUT2D eigenvalue weighted by molar-refractivity contribution is 7.99. The molecule has 4 rings (SSSR count). The maximum Gasteiger partial charge on any atom is 0.171 e. The molecule has 0 aliphatic rings. The zero-order chi connectivity index (χ0) is 22.0. The van der Waals surface area contributed by atoms with Crippen molar-refractivity contribution in [3.05, 3.63) is 84.9 Å². The number of nitrogens with zero attached hydrogens (tertiary/aromatic N) is 1. The van der Waals surface area contributed by atoms with E-state index in [1.807, 2.05) is 12.1 Å². The van der Waals surface area contributed by atoms with Crippen LogP contribution < -0.4 is 5.32 Å². The fraction of sp³-hybridized carbons (Fsp3) is 0.250. The molecule has 32 heavy (non-hydrogen) atoms. The number of hydrogen-bond donors (Lipinski definition) is 2. The first-order chi connectivity index (χ1) is 15.8. The number of benzene rings is 3. The number of unbranched alkanes of at least 4 members (excludes halogenated alkanes) is 4. The van der Waals surface area contributed by atoms with Crippen LogP contribution in [0.3, 0.4) is 0 Å². The van der Waals surface area contributed by atoms with E-state index in [4.69, 9.17) is 4.98 Å². The van der Waals surface area contributed by atoms with Crippen molar-refractivity contribution in [2.45, 2.75) is 49.1 Å². The number of aromatic amines is 1. The van der Waals surface area contributed by atoms with Gasteiger partial charge in [-0.25, -0.2) is 4.98 Å². The van der Waals surface area contributed by atoms with E-state index in [1.54, 1.807) is 11.8 Å². The Morgan fingerprint density at radius 2 is 1.50 bits per heavy atom.